The van der Waals surface area contributed by atoms with Gasteiger partial charge in [-0.1, -0.05) is 6.07 Å². The Balaban J connectivity index is 1.91. The van der Waals surface area contributed by atoms with E-state index in [0.717, 1.165) is 11.1 Å². The molecule has 2 aromatic carbocycles. The standard InChI is InChI=1S/C23H28N2O6S/c1-22(2)11-23(25-21(32)24-22)10-14(13-6-7-15(26)18(27)19(13)31-23)12-8-16(28-3)20(30-5)17(9-12)29-4/h6-9,14,26-27H,10-11H2,1-5H3,(H2,24,25,32)/t14-,23+/m0/s1. The molecule has 1 spiro atoms. The molecule has 0 saturated carbocycles. The minimum Gasteiger partial charge on any atom is -0.504 e. The minimum absolute atomic E-state index is 0.219. The highest BCUT2D eigenvalue weighted by atomic mass is 32.1. The van der Waals surface area contributed by atoms with E-state index in [2.05, 4.69) is 10.6 Å². The molecule has 0 aliphatic carbocycles. The summed E-state index contributed by atoms with van der Waals surface area (Å²) in [5, 5.41) is 27.8. The van der Waals surface area contributed by atoms with E-state index >= 15 is 0 Å². The highest BCUT2D eigenvalue weighted by Gasteiger charge is 2.49. The highest BCUT2D eigenvalue weighted by Crippen LogP contribution is 2.53. The molecule has 2 aliphatic rings. The quantitative estimate of drug-likeness (QED) is 0.404. The molecule has 172 valence electrons. The first-order chi connectivity index (χ1) is 15.1. The molecule has 0 unspecified atom stereocenters. The van der Waals surface area contributed by atoms with E-state index in [9.17, 15) is 10.2 Å². The van der Waals surface area contributed by atoms with Crippen molar-refractivity contribution < 1.29 is 29.2 Å². The van der Waals surface area contributed by atoms with Gasteiger partial charge >= 0.3 is 0 Å². The third kappa shape index (κ3) is 3.70. The Kier molecular flexibility index (Phi) is 5.40. The van der Waals surface area contributed by atoms with Gasteiger partial charge in [0.2, 0.25) is 11.5 Å². The number of hydrogen-bond donors (Lipinski definition) is 4. The molecule has 9 heteroatoms. The zero-order valence-electron chi connectivity index (χ0n) is 18.7. The summed E-state index contributed by atoms with van der Waals surface area (Å²) in [6.07, 6.45) is 1.09. The first-order valence-corrected chi connectivity index (χ1v) is 10.7. The van der Waals surface area contributed by atoms with Crippen LogP contribution in [0.5, 0.6) is 34.5 Å². The molecule has 2 aliphatic heterocycles. The number of phenolic OH excluding ortho intramolecular Hbond substituents is 2. The van der Waals surface area contributed by atoms with Crippen LogP contribution in [-0.4, -0.2) is 47.9 Å². The molecule has 32 heavy (non-hydrogen) atoms. The van der Waals surface area contributed by atoms with Gasteiger partial charge in [-0.3, -0.25) is 0 Å². The van der Waals surface area contributed by atoms with E-state index < -0.39 is 5.72 Å². The van der Waals surface area contributed by atoms with Crippen LogP contribution in [0.1, 0.15) is 43.7 Å². The summed E-state index contributed by atoms with van der Waals surface area (Å²) >= 11 is 5.46. The molecular weight excluding hydrogens is 432 g/mol. The fourth-order valence-corrected chi connectivity index (χ4v) is 5.23. The van der Waals surface area contributed by atoms with Crippen molar-refractivity contribution in [1.82, 2.24) is 10.6 Å². The van der Waals surface area contributed by atoms with Gasteiger partial charge in [0, 0.05) is 29.9 Å². The summed E-state index contributed by atoms with van der Waals surface area (Å²) in [6, 6.07) is 7.01. The van der Waals surface area contributed by atoms with Crippen LogP contribution < -0.4 is 29.6 Å². The lowest BCUT2D eigenvalue weighted by molar-refractivity contribution is -0.0150. The number of fused-ring (bicyclic) bond motifs is 1. The Hall–Kier alpha value is -3.07. The van der Waals surface area contributed by atoms with Crippen molar-refractivity contribution in [3.8, 4) is 34.5 Å². The lowest BCUT2D eigenvalue weighted by Gasteiger charge is -2.50. The second-order valence-corrected chi connectivity index (χ2v) is 9.21. The van der Waals surface area contributed by atoms with Gasteiger partial charge in [0.15, 0.2) is 33.8 Å². The van der Waals surface area contributed by atoms with Gasteiger partial charge in [-0.15, -0.1) is 0 Å². The fourth-order valence-electron chi connectivity index (χ4n) is 4.77. The Morgan fingerprint density at radius 3 is 2.25 bits per heavy atom. The number of methoxy groups -OCH3 is 3. The van der Waals surface area contributed by atoms with E-state index in [1.807, 2.05) is 26.0 Å². The number of nitrogens with one attached hydrogen (secondary N) is 2. The van der Waals surface area contributed by atoms with E-state index in [1.165, 1.54) is 6.07 Å². The van der Waals surface area contributed by atoms with Crippen molar-refractivity contribution in [3.05, 3.63) is 35.4 Å². The number of hydrogen-bond acceptors (Lipinski definition) is 7. The summed E-state index contributed by atoms with van der Waals surface area (Å²) in [5.74, 6) is 1.01. The summed E-state index contributed by atoms with van der Waals surface area (Å²) in [4.78, 5) is 0. The molecule has 1 fully saturated rings. The first-order valence-electron chi connectivity index (χ1n) is 10.3. The average molecular weight is 461 g/mol. The second-order valence-electron chi connectivity index (χ2n) is 8.80. The predicted molar refractivity (Wildman–Crippen MR) is 123 cm³/mol. The van der Waals surface area contributed by atoms with Crippen LogP contribution in [0.25, 0.3) is 0 Å². The van der Waals surface area contributed by atoms with Gasteiger partial charge in [-0.25, -0.2) is 0 Å². The summed E-state index contributed by atoms with van der Waals surface area (Å²) in [5.41, 5.74) is 0.392. The van der Waals surface area contributed by atoms with Crippen molar-refractivity contribution in [2.75, 3.05) is 21.3 Å². The van der Waals surface area contributed by atoms with Crippen molar-refractivity contribution >= 4 is 17.3 Å². The molecule has 2 heterocycles. The van der Waals surface area contributed by atoms with Crippen molar-refractivity contribution in [2.24, 2.45) is 0 Å². The van der Waals surface area contributed by atoms with Crippen LogP contribution in [0.2, 0.25) is 0 Å². The average Bonchev–Trinajstić information content (AvgIpc) is 2.73. The number of aromatic hydroxyl groups is 2. The highest BCUT2D eigenvalue weighted by molar-refractivity contribution is 7.80. The van der Waals surface area contributed by atoms with E-state index in [4.69, 9.17) is 31.2 Å². The number of rotatable bonds is 4. The minimum atomic E-state index is -0.894. The lowest BCUT2D eigenvalue weighted by atomic mass is 9.77. The van der Waals surface area contributed by atoms with E-state index in [1.54, 1.807) is 27.4 Å². The Morgan fingerprint density at radius 2 is 1.69 bits per heavy atom. The third-order valence-corrected chi connectivity index (χ3v) is 6.16. The molecular formula is C23H28N2O6S. The SMILES string of the molecule is COc1cc([C@@H]2C[C@]3(CC(C)(C)NC(=S)N3)Oc3c2ccc(O)c3O)cc(OC)c1OC. The first kappa shape index (κ1) is 22.1. The smallest absolute Gasteiger partial charge is 0.203 e. The zero-order valence-corrected chi connectivity index (χ0v) is 19.6. The van der Waals surface area contributed by atoms with Crippen LogP contribution in [0.15, 0.2) is 24.3 Å². The molecule has 2 atom stereocenters. The van der Waals surface area contributed by atoms with Crippen molar-refractivity contribution in [1.29, 1.82) is 0 Å². The molecule has 0 radical (unpaired) electrons. The second kappa shape index (κ2) is 7.81. The van der Waals surface area contributed by atoms with Crippen LogP contribution >= 0.6 is 12.2 Å². The number of thiocarbonyl (C=S) groups is 1. The van der Waals surface area contributed by atoms with Gasteiger partial charge < -0.3 is 39.8 Å². The molecule has 0 amide bonds. The Bertz CT molecular complexity index is 1050. The van der Waals surface area contributed by atoms with Gasteiger partial charge in [0.1, 0.15) is 0 Å². The van der Waals surface area contributed by atoms with E-state index in [-0.39, 0.29) is 28.7 Å². The van der Waals surface area contributed by atoms with Crippen LogP contribution in [0.3, 0.4) is 0 Å². The van der Waals surface area contributed by atoms with Crippen LogP contribution in [0, 0.1) is 0 Å². The lowest BCUT2D eigenvalue weighted by Crippen LogP contribution is -2.69. The molecule has 2 aromatic rings. The van der Waals surface area contributed by atoms with E-state index in [0.29, 0.717) is 35.2 Å². The predicted octanol–water partition coefficient (Wildman–Crippen LogP) is 3.38. The van der Waals surface area contributed by atoms with Gasteiger partial charge in [-0.05, 0) is 49.8 Å². The topological polar surface area (TPSA) is 101 Å². The van der Waals surface area contributed by atoms with Crippen LogP contribution in [-0.2, 0) is 0 Å². The monoisotopic (exact) mass is 460 g/mol. The number of benzene rings is 2. The normalized spacial score (nSPS) is 23.4. The maximum atomic E-state index is 10.7. The maximum absolute atomic E-state index is 10.7. The summed E-state index contributed by atoms with van der Waals surface area (Å²) in [6.45, 7) is 4.08. The summed E-state index contributed by atoms with van der Waals surface area (Å²) < 4.78 is 22.9. The van der Waals surface area contributed by atoms with Gasteiger partial charge in [-0.2, -0.15) is 0 Å². The zero-order chi connectivity index (χ0) is 23.3. The fraction of sp³-hybridized carbons (Fsp3) is 0.435. The van der Waals surface area contributed by atoms with Gasteiger partial charge in [0.05, 0.1) is 21.3 Å². The maximum Gasteiger partial charge on any atom is 0.203 e. The Morgan fingerprint density at radius 1 is 1.03 bits per heavy atom. The number of phenols is 2. The molecule has 4 rings (SSSR count). The molecule has 8 nitrogen and oxygen atoms in total. The Labute approximate surface area is 192 Å². The molecule has 0 aromatic heterocycles. The van der Waals surface area contributed by atoms with Crippen LogP contribution in [0.4, 0.5) is 0 Å². The molecule has 4 N–H and O–H groups in total. The third-order valence-electron chi connectivity index (χ3n) is 5.96. The van der Waals surface area contributed by atoms with Crippen molar-refractivity contribution in [3.63, 3.8) is 0 Å². The largest absolute Gasteiger partial charge is 0.504 e. The summed E-state index contributed by atoms with van der Waals surface area (Å²) in [7, 11) is 4.70. The van der Waals surface area contributed by atoms with Crippen molar-refractivity contribution in [2.45, 2.75) is 43.9 Å². The molecule has 1 saturated heterocycles. The number of ether oxygens (including phenoxy) is 4. The van der Waals surface area contributed by atoms with Gasteiger partial charge in [0.25, 0.3) is 0 Å². The molecule has 0 bridgehead atoms.